The van der Waals surface area contributed by atoms with Crippen LogP contribution in [0.3, 0.4) is 0 Å². The van der Waals surface area contributed by atoms with Crippen LogP contribution < -0.4 is 5.32 Å². The minimum atomic E-state index is 0.105. The summed E-state index contributed by atoms with van der Waals surface area (Å²) in [7, 11) is 0. The minimum Gasteiger partial charge on any atom is -0.381 e. The fourth-order valence-corrected chi connectivity index (χ4v) is 6.32. The molecule has 0 aromatic rings. The molecule has 0 aromatic carbocycles. The van der Waals surface area contributed by atoms with E-state index in [0.29, 0.717) is 18.1 Å². The number of ether oxygens (including phenoxy) is 1. The van der Waals surface area contributed by atoms with Gasteiger partial charge in [0.25, 0.3) is 0 Å². The molecule has 0 radical (unpaired) electrons. The highest BCUT2D eigenvalue weighted by atomic mass is 16.5. The van der Waals surface area contributed by atoms with Crippen molar-refractivity contribution in [3.05, 3.63) is 0 Å². The van der Waals surface area contributed by atoms with Gasteiger partial charge in [0.2, 0.25) is 5.91 Å². The molecular weight excluding hydrogens is 262 g/mol. The Balaban J connectivity index is 1.48. The zero-order valence-electron chi connectivity index (χ0n) is 13.3. The highest BCUT2D eigenvalue weighted by molar-refractivity contribution is 5.79. The molecule has 2 atom stereocenters. The van der Waals surface area contributed by atoms with Crippen molar-refractivity contribution >= 4 is 5.91 Å². The maximum Gasteiger partial charge on any atom is 0.225 e. The highest BCUT2D eigenvalue weighted by Crippen LogP contribution is 2.61. The molecule has 1 saturated heterocycles. The molecule has 5 aliphatic rings. The first-order chi connectivity index (χ1) is 10.2. The third-order valence-corrected chi connectivity index (χ3v) is 6.85. The van der Waals surface area contributed by atoms with E-state index in [1.807, 2.05) is 0 Å². The first kappa shape index (κ1) is 14.0. The molecule has 4 saturated carbocycles. The monoisotopic (exact) mass is 291 g/mol. The van der Waals surface area contributed by atoms with Crippen LogP contribution in [0.15, 0.2) is 0 Å². The molecule has 0 spiro atoms. The van der Waals surface area contributed by atoms with Gasteiger partial charge in [0, 0.05) is 12.6 Å². The van der Waals surface area contributed by atoms with E-state index in [-0.39, 0.29) is 11.8 Å². The number of carbonyl (C=O) groups is 1. The quantitative estimate of drug-likeness (QED) is 0.864. The predicted molar refractivity (Wildman–Crippen MR) is 81.8 cm³/mol. The van der Waals surface area contributed by atoms with Gasteiger partial charge in [-0.25, -0.2) is 0 Å². The average Bonchev–Trinajstić information content (AvgIpc) is 2.97. The molecule has 0 aromatic heterocycles. The lowest BCUT2D eigenvalue weighted by Crippen LogP contribution is -2.57. The second kappa shape index (κ2) is 5.26. The molecule has 1 aliphatic heterocycles. The summed E-state index contributed by atoms with van der Waals surface area (Å²) in [6.07, 6.45) is 10.5. The zero-order chi connectivity index (χ0) is 14.4. The van der Waals surface area contributed by atoms with E-state index in [1.54, 1.807) is 0 Å². The summed E-state index contributed by atoms with van der Waals surface area (Å²) in [6.45, 7) is 3.64. The van der Waals surface area contributed by atoms with Gasteiger partial charge in [0.15, 0.2) is 0 Å². The molecular formula is C18H29NO2. The Kier molecular flexibility index (Phi) is 3.52. The Hall–Kier alpha value is -0.570. The molecule has 4 aliphatic carbocycles. The Bertz CT molecular complexity index is 378. The summed E-state index contributed by atoms with van der Waals surface area (Å²) >= 11 is 0. The molecule has 3 heteroatoms. The summed E-state index contributed by atoms with van der Waals surface area (Å²) in [5.74, 6) is 3.23. The number of hydrogen-bond acceptors (Lipinski definition) is 2. The number of hydrogen-bond donors (Lipinski definition) is 1. The molecule has 1 amide bonds. The van der Waals surface area contributed by atoms with Crippen molar-refractivity contribution in [3.8, 4) is 0 Å². The fourth-order valence-electron chi connectivity index (χ4n) is 6.32. The van der Waals surface area contributed by atoms with Crippen molar-refractivity contribution in [2.45, 2.75) is 64.3 Å². The number of carbonyl (C=O) groups excluding carboxylic acids is 1. The van der Waals surface area contributed by atoms with Crippen LogP contribution in [0.1, 0.15) is 58.3 Å². The number of rotatable bonds is 4. The van der Waals surface area contributed by atoms with Crippen LogP contribution in [0.25, 0.3) is 0 Å². The predicted octanol–water partition coefficient (Wildman–Crippen LogP) is 3.13. The summed E-state index contributed by atoms with van der Waals surface area (Å²) in [6, 6.07) is 0.402. The lowest BCUT2D eigenvalue weighted by atomic mass is 9.47. The van der Waals surface area contributed by atoms with E-state index in [0.717, 1.165) is 37.2 Å². The van der Waals surface area contributed by atoms with E-state index in [1.165, 1.54) is 38.5 Å². The smallest absolute Gasteiger partial charge is 0.225 e. The van der Waals surface area contributed by atoms with Crippen LogP contribution in [0, 0.1) is 29.1 Å². The van der Waals surface area contributed by atoms with Gasteiger partial charge in [-0.1, -0.05) is 6.92 Å². The van der Waals surface area contributed by atoms with Crippen LogP contribution in [0.2, 0.25) is 0 Å². The van der Waals surface area contributed by atoms with E-state index in [2.05, 4.69) is 12.2 Å². The third-order valence-electron chi connectivity index (χ3n) is 6.85. The Morgan fingerprint density at radius 1 is 1.19 bits per heavy atom. The summed E-state index contributed by atoms with van der Waals surface area (Å²) in [5, 5.41) is 3.45. The maximum absolute atomic E-state index is 12.5. The average molecular weight is 291 g/mol. The first-order valence-electron chi connectivity index (χ1n) is 9.06. The lowest BCUT2D eigenvalue weighted by Gasteiger charge is -2.59. The molecule has 2 unspecified atom stereocenters. The van der Waals surface area contributed by atoms with Gasteiger partial charge in [-0.15, -0.1) is 0 Å². The summed E-state index contributed by atoms with van der Waals surface area (Å²) in [5.41, 5.74) is 0.429. The third kappa shape index (κ3) is 2.42. The molecule has 1 heterocycles. The Morgan fingerprint density at radius 2 is 1.81 bits per heavy atom. The van der Waals surface area contributed by atoms with Gasteiger partial charge < -0.3 is 10.1 Å². The topological polar surface area (TPSA) is 38.3 Å². The Morgan fingerprint density at radius 3 is 2.29 bits per heavy atom. The zero-order valence-corrected chi connectivity index (χ0v) is 13.3. The van der Waals surface area contributed by atoms with Crippen LogP contribution in [-0.4, -0.2) is 25.2 Å². The van der Waals surface area contributed by atoms with E-state index in [4.69, 9.17) is 4.74 Å². The second-order valence-corrected chi connectivity index (χ2v) is 8.31. The number of amides is 1. The van der Waals surface area contributed by atoms with Gasteiger partial charge in [0.1, 0.15) is 0 Å². The van der Waals surface area contributed by atoms with Crippen LogP contribution >= 0.6 is 0 Å². The van der Waals surface area contributed by atoms with Crippen molar-refractivity contribution in [3.63, 3.8) is 0 Å². The molecule has 1 N–H and O–H groups in total. The van der Waals surface area contributed by atoms with Crippen molar-refractivity contribution < 1.29 is 9.53 Å². The molecule has 4 bridgehead atoms. The van der Waals surface area contributed by atoms with Crippen molar-refractivity contribution in [1.29, 1.82) is 0 Å². The van der Waals surface area contributed by atoms with E-state index >= 15 is 0 Å². The summed E-state index contributed by atoms with van der Waals surface area (Å²) in [4.78, 5) is 12.5. The standard InChI is InChI=1S/C18H29NO2/c1-2-16(19-17(20)15-3-4-21-11-15)18-8-12-5-13(9-18)7-14(6-12)10-18/h12-16H,2-11H2,1H3,(H,19,20). The highest BCUT2D eigenvalue weighted by Gasteiger charge is 2.54. The van der Waals surface area contributed by atoms with E-state index < -0.39 is 0 Å². The Labute approximate surface area is 128 Å². The molecule has 21 heavy (non-hydrogen) atoms. The van der Waals surface area contributed by atoms with Gasteiger partial charge in [0.05, 0.1) is 12.5 Å². The largest absolute Gasteiger partial charge is 0.381 e. The lowest BCUT2D eigenvalue weighted by molar-refractivity contribution is -0.130. The van der Waals surface area contributed by atoms with Gasteiger partial charge >= 0.3 is 0 Å². The SMILES string of the molecule is CCC(NC(=O)C1CCOC1)C12CC3CC(CC(C3)C1)C2. The normalized spacial score (nSPS) is 45.8. The van der Waals surface area contributed by atoms with Gasteiger partial charge in [-0.3, -0.25) is 4.79 Å². The van der Waals surface area contributed by atoms with Gasteiger partial charge in [-0.2, -0.15) is 0 Å². The van der Waals surface area contributed by atoms with Gasteiger partial charge in [-0.05, 0) is 74.5 Å². The maximum atomic E-state index is 12.5. The van der Waals surface area contributed by atoms with E-state index in [9.17, 15) is 4.79 Å². The van der Waals surface area contributed by atoms with Crippen molar-refractivity contribution in [2.24, 2.45) is 29.1 Å². The van der Waals surface area contributed by atoms with Crippen LogP contribution in [0.4, 0.5) is 0 Å². The minimum absolute atomic E-state index is 0.105. The molecule has 118 valence electrons. The second-order valence-electron chi connectivity index (χ2n) is 8.31. The summed E-state index contributed by atoms with van der Waals surface area (Å²) < 4.78 is 5.38. The fraction of sp³-hybridized carbons (Fsp3) is 0.944. The molecule has 3 nitrogen and oxygen atoms in total. The molecule has 5 fully saturated rings. The first-order valence-corrected chi connectivity index (χ1v) is 9.06. The number of nitrogens with one attached hydrogen (secondary N) is 1. The van der Waals surface area contributed by atoms with Crippen LogP contribution in [0.5, 0.6) is 0 Å². The van der Waals surface area contributed by atoms with Crippen LogP contribution in [-0.2, 0) is 9.53 Å². The van der Waals surface area contributed by atoms with Crippen molar-refractivity contribution in [1.82, 2.24) is 5.32 Å². The molecule has 5 rings (SSSR count). The van der Waals surface area contributed by atoms with Crippen molar-refractivity contribution in [2.75, 3.05) is 13.2 Å².